The largest absolute Gasteiger partial charge is 0.479 e. The number of hydrogen-bond donors (Lipinski definition) is 2. The third-order valence-electron chi connectivity index (χ3n) is 1.65. The van der Waals surface area contributed by atoms with Gasteiger partial charge in [-0.05, 0) is 5.56 Å². The molecule has 1 rings (SSSR count). The van der Waals surface area contributed by atoms with Crippen LogP contribution in [0.3, 0.4) is 0 Å². The SMILES string of the molecule is COC(C=N)=NNCc1ccccc1. The van der Waals surface area contributed by atoms with Gasteiger partial charge in [-0.25, -0.2) is 0 Å². The smallest absolute Gasteiger partial charge is 0.248 e. The Kier molecular flexibility index (Phi) is 4.20. The Balaban J connectivity index is 2.42. The zero-order valence-corrected chi connectivity index (χ0v) is 8.03. The van der Waals surface area contributed by atoms with Crippen molar-refractivity contribution in [3.05, 3.63) is 35.9 Å². The fourth-order valence-electron chi connectivity index (χ4n) is 0.941. The van der Waals surface area contributed by atoms with Crippen LogP contribution in [-0.2, 0) is 11.3 Å². The van der Waals surface area contributed by atoms with Gasteiger partial charge in [0.25, 0.3) is 0 Å². The molecular weight excluding hydrogens is 178 g/mol. The van der Waals surface area contributed by atoms with E-state index in [1.54, 1.807) is 0 Å². The second-order valence-electron chi connectivity index (χ2n) is 2.62. The van der Waals surface area contributed by atoms with Gasteiger partial charge in [0.15, 0.2) is 0 Å². The molecule has 0 fully saturated rings. The van der Waals surface area contributed by atoms with Crippen molar-refractivity contribution < 1.29 is 4.74 Å². The Bertz CT molecular complexity index is 308. The molecule has 0 radical (unpaired) electrons. The Morgan fingerprint density at radius 1 is 1.50 bits per heavy atom. The third-order valence-corrected chi connectivity index (χ3v) is 1.65. The summed E-state index contributed by atoms with van der Waals surface area (Å²) in [5.41, 5.74) is 3.95. The molecule has 0 saturated carbocycles. The van der Waals surface area contributed by atoms with E-state index in [0.717, 1.165) is 11.8 Å². The van der Waals surface area contributed by atoms with E-state index in [0.29, 0.717) is 6.54 Å². The Morgan fingerprint density at radius 2 is 2.21 bits per heavy atom. The lowest BCUT2D eigenvalue weighted by atomic mass is 10.2. The topological polar surface area (TPSA) is 57.5 Å². The summed E-state index contributed by atoms with van der Waals surface area (Å²) in [6, 6.07) is 9.90. The van der Waals surface area contributed by atoms with E-state index < -0.39 is 0 Å². The predicted molar refractivity (Wildman–Crippen MR) is 56.5 cm³/mol. The highest BCUT2D eigenvalue weighted by Crippen LogP contribution is 1.96. The fraction of sp³-hybridized carbons (Fsp3) is 0.200. The van der Waals surface area contributed by atoms with Crippen LogP contribution in [0.1, 0.15) is 5.56 Å². The molecule has 0 heterocycles. The van der Waals surface area contributed by atoms with Crippen LogP contribution >= 0.6 is 0 Å². The molecule has 2 N–H and O–H groups in total. The number of benzene rings is 1. The number of nitrogens with one attached hydrogen (secondary N) is 2. The van der Waals surface area contributed by atoms with Crippen LogP contribution in [0.2, 0.25) is 0 Å². The van der Waals surface area contributed by atoms with Crippen LogP contribution in [0.5, 0.6) is 0 Å². The van der Waals surface area contributed by atoms with Gasteiger partial charge in [-0.1, -0.05) is 30.3 Å². The normalized spacial score (nSPS) is 10.8. The molecule has 1 aromatic carbocycles. The maximum absolute atomic E-state index is 6.92. The molecular formula is C10H13N3O. The monoisotopic (exact) mass is 191 g/mol. The average Bonchev–Trinajstić information content (AvgIpc) is 2.26. The molecule has 0 saturated heterocycles. The fourth-order valence-corrected chi connectivity index (χ4v) is 0.941. The first kappa shape index (κ1) is 10.2. The number of hydrogen-bond acceptors (Lipinski definition) is 4. The van der Waals surface area contributed by atoms with Gasteiger partial charge in [-0.15, -0.1) is 5.10 Å². The highest BCUT2D eigenvalue weighted by atomic mass is 16.5. The minimum atomic E-state index is 0.265. The molecule has 1 aromatic rings. The summed E-state index contributed by atoms with van der Waals surface area (Å²) < 4.78 is 4.78. The summed E-state index contributed by atoms with van der Waals surface area (Å²) in [4.78, 5) is 0. The summed E-state index contributed by atoms with van der Waals surface area (Å²) in [5.74, 6) is 0.265. The Morgan fingerprint density at radius 3 is 2.79 bits per heavy atom. The molecule has 0 unspecified atom stereocenters. The van der Waals surface area contributed by atoms with Gasteiger partial charge in [0.2, 0.25) is 5.90 Å². The second-order valence-corrected chi connectivity index (χ2v) is 2.62. The van der Waals surface area contributed by atoms with Gasteiger partial charge >= 0.3 is 0 Å². The zero-order valence-electron chi connectivity index (χ0n) is 8.03. The molecule has 4 nitrogen and oxygen atoms in total. The molecule has 0 aromatic heterocycles. The lowest BCUT2D eigenvalue weighted by molar-refractivity contribution is 0.406. The standard InChI is InChI=1S/C10H13N3O/c1-14-10(7-11)13-12-8-9-5-3-2-4-6-9/h2-7,11-12H,8H2,1H3. The molecule has 0 aliphatic heterocycles. The number of rotatable bonds is 4. The minimum absolute atomic E-state index is 0.265. The van der Waals surface area contributed by atoms with Crippen molar-refractivity contribution in [3.63, 3.8) is 0 Å². The van der Waals surface area contributed by atoms with Crippen LogP contribution in [0.25, 0.3) is 0 Å². The van der Waals surface area contributed by atoms with Crippen LogP contribution in [0, 0.1) is 5.41 Å². The van der Waals surface area contributed by atoms with E-state index in [4.69, 9.17) is 10.1 Å². The van der Waals surface area contributed by atoms with E-state index >= 15 is 0 Å². The molecule has 0 bridgehead atoms. The van der Waals surface area contributed by atoms with Crippen molar-refractivity contribution in [3.8, 4) is 0 Å². The van der Waals surface area contributed by atoms with Gasteiger partial charge in [-0.2, -0.15) is 0 Å². The molecule has 0 aliphatic carbocycles. The molecule has 0 aliphatic rings. The van der Waals surface area contributed by atoms with Gasteiger partial charge in [-0.3, -0.25) is 0 Å². The van der Waals surface area contributed by atoms with Crippen molar-refractivity contribution in [1.82, 2.24) is 5.43 Å². The van der Waals surface area contributed by atoms with Gasteiger partial charge < -0.3 is 15.6 Å². The second kappa shape index (κ2) is 5.75. The highest BCUT2D eigenvalue weighted by Gasteiger charge is 1.91. The molecule has 74 valence electrons. The first-order chi connectivity index (χ1) is 6.86. The molecule has 0 amide bonds. The van der Waals surface area contributed by atoms with Crippen LogP contribution < -0.4 is 5.43 Å². The van der Waals surface area contributed by atoms with E-state index in [1.807, 2.05) is 30.3 Å². The maximum Gasteiger partial charge on any atom is 0.248 e. The summed E-state index contributed by atoms with van der Waals surface area (Å²) >= 11 is 0. The summed E-state index contributed by atoms with van der Waals surface area (Å²) in [5, 5.41) is 10.8. The van der Waals surface area contributed by atoms with Crippen molar-refractivity contribution in [1.29, 1.82) is 5.41 Å². The van der Waals surface area contributed by atoms with E-state index in [2.05, 4.69) is 10.5 Å². The quantitative estimate of drug-likeness (QED) is 0.429. The maximum atomic E-state index is 6.92. The third kappa shape index (κ3) is 3.26. The molecule has 0 atom stereocenters. The van der Waals surface area contributed by atoms with Crippen molar-refractivity contribution in [2.45, 2.75) is 6.54 Å². The van der Waals surface area contributed by atoms with Crippen molar-refractivity contribution in [2.24, 2.45) is 5.10 Å². The Hall–Kier alpha value is -1.84. The minimum Gasteiger partial charge on any atom is -0.479 e. The number of hydrazone groups is 1. The van der Waals surface area contributed by atoms with E-state index in [1.165, 1.54) is 7.11 Å². The first-order valence-corrected chi connectivity index (χ1v) is 4.25. The highest BCUT2D eigenvalue weighted by molar-refractivity contribution is 6.24. The number of ether oxygens (including phenoxy) is 1. The predicted octanol–water partition coefficient (Wildman–Crippen LogP) is 1.39. The van der Waals surface area contributed by atoms with E-state index in [9.17, 15) is 0 Å². The summed E-state index contributed by atoms with van der Waals surface area (Å²) in [6.45, 7) is 0.627. The zero-order chi connectivity index (χ0) is 10.2. The average molecular weight is 191 g/mol. The summed E-state index contributed by atoms with van der Waals surface area (Å²) in [6.07, 6.45) is 1.05. The Labute approximate surface area is 83.1 Å². The summed E-state index contributed by atoms with van der Waals surface area (Å²) in [7, 11) is 1.48. The molecule has 14 heavy (non-hydrogen) atoms. The molecule has 4 heteroatoms. The lowest BCUT2D eigenvalue weighted by Gasteiger charge is -2.01. The van der Waals surface area contributed by atoms with Crippen LogP contribution in [-0.4, -0.2) is 19.2 Å². The van der Waals surface area contributed by atoms with Gasteiger partial charge in [0.05, 0.1) is 19.9 Å². The number of methoxy groups -OCH3 is 1. The van der Waals surface area contributed by atoms with Crippen LogP contribution in [0.15, 0.2) is 35.4 Å². The van der Waals surface area contributed by atoms with Gasteiger partial charge in [0, 0.05) is 0 Å². The first-order valence-electron chi connectivity index (χ1n) is 4.25. The van der Waals surface area contributed by atoms with Crippen LogP contribution in [0.4, 0.5) is 0 Å². The van der Waals surface area contributed by atoms with Crippen molar-refractivity contribution in [2.75, 3.05) is 7.11 Å². The van der Waals surface area contributed by atoms with Gasteiger partial charge in [0.1, 0.15) is 0 Å². The number of nitrogens with zero attached hydrogens (tertiary/aromatic N) is 1. The van der Waals surface area contributed by atoms with Crippen molar-refractivity contribution >= 4 is 12.1 Å². The molecule has 0 spiro atoms. The van der Waals surface area contributed by atoms with E-state index in [-0.39, 0.29) is 5.90 Å². The lowest BCUT2D eigenvalue weighted by Crippen LogP contribution is -2.12.